The topological polar surface area (TPSA) is 58.6 Å². The highest BCUT2D eigenvalue weighted by molar-refractivity contribution is 14.1. The molecule has 7 heteroatoms. The summed E-state index contributed by atoms with van der Waals surface area (Å²) in [5.74, 6) is -0.297. The van der Waals surface area contributed by atoms with Crippen LogP contribution in [0, 0.1) is 9.39 Å². The van der Waals surface area contributed by atoms with Crippen molar-refractivity contribution in [1.82, 2.24) is 10.2 Å². The van der Waals surface area contributed by atoms with Gasteiger partial charge in [-0.05, 0) is 59.0 Å². The van der Waals surface area contributed by atoms with Crippen molar-refractivity contribution in [2.75, 3.05) is 26.7 Å². The monoisotopic (exact) mass is 456 g/mol. The van der Waals surface area contributed by atoms with E-state index in [2.05, 4.69) is 27.9 Å². The van der Waals surface area contributed by atoms with Crippen LogP contribution in [-0.2, 0) is 4.79 Å². The van der Waals surface area contributed by atoms with Gasteiger partial charge in [-0.25, -0.2) is 4.39 Å². The van der Waals surface area contributed by atoms with Gasteiger partial charge < -0.3 is 15.0 Å². The molecule has 25 heavy (non-hydrogen) atoms. The maximum absolute atomic E-state index is 12.8. The van der Waals surface area contributed by atoms with Crippen LogP contribution in [0.2, 0.25) is 0 Å². The molecule has 5 nitrogen and oxygen atoms in total. The third-order valence-electron chi connectivity index (χ3n) is 3.45. The smallest absolute Gasteiger partial charge is 0.252 e. The molecule has 0 aliphatic carbocycles. The van der Waals surface area contributed by atoms with E-state index >= 15 is 0 Å². The summed E-state index contributed by atoms with van der Waals surface area (Å²) in [6.07, 6.45) is 0. The van der Waals surface area contributed by atoms with Crippen LogP contribution in [0.25, 0.3) is 0 Å². The lowest BCUT2D eigenvalue weighted by atomic mass is 10.2. The van der Waals surface area contributed by atoms with E-state index in [1.165, 1.54) is 29.2 Å². The predicted molar refractivity (Wildman–Crippen MR) is 101 cm³/mol. The first-order valence-electron chi connectivity index (χ1n) is 7.62. The molecule has 0 fully saturated rings. The van der Waals surface area contributed by atoms with Gasteiger partial charge >= 0.3 is 0 Å². The Labute approximate surface area is 159 Å². The molecule has 0 saturated carbocycles. The van der Waals surface area contributed by atoms with Crippen LogP contribution in [0.1, 0.15) is 10.4 Å². The molecule has 0 radical (unpaired) electrons. The SMILES string of the molecule is CN(CCOc1ccc(F)cc1)C(=O)CNC(=O)c1ccccc1I. The van der Waals surface area contributed by atoms with Crippen molar-refractivity contribution in [1.29, 1.82) is 0 Å². The van der Waals surface area contributed by atoms with Gasteiger partial charge in [0.15, 0.2) is 0 Å². The van der Waals surface area contributed by atoms with Crippen molar-refractivity contribution in [3.63, 3.8) is 0 Å². The Morgan fingerprint density at radius 1 is 1.16 bits per heavy atom. The van der Waals surface area contributed by atoms with Crippen LogP contribution < -0.4 is 10.1 Å². The Balaban J connectivity index is 1.73. The van der Waals surface area contributed by atoms with Crippen LogP contribution >= 0.6 is 22.6 Å². The van der Waals surface area contributed by atoms with E-state index < -0.39 is 0 Å². The summed E-state index contributed by atoms with van der Waals surface area (Å²) in [7, 11) is 1.63. The number of likely N-dealkylation sites (N-methyl/N-ethyl adjacent to an activating group) is 1. The van der Waals surface area contributed by atoms with Crippen LogP contribution in [0.3, 0.4) is 0 Å². The molecule has 0 spiro atoms. The lowest BCUT2D eigenvalue weighted by Gasteiger charge is -2.18. The number of ether oxygens (including phenoxy) is 1. The summed E-state index contributed by atoms with van der Waals surface area (Å²) < 4.78 is 19.1. The fourth-order valence-corrected chi connectivity index (χ4v) is 2.62. The molecular formula is C18H18FIN2O3. The van der Waals surface area contributed by atoms with Crippen LogP contribution in [-0.4, -0.2) is 43.5 Å². The quantitative estimate of drug-likeness (QED) is 0.653. The minimum absolute atomic E-state index is 0.0865. The summed E-state index contributed by atoms with van der Waals surface area (Å²) in [5, 5.41) is 2.62. The normalized spacial score (nSPS) is 10.2. The first-order chi connectivity index (χ1) is 12.0. The molecule has 0 aliphatic rings. The minimum atomic E-state index is -0.330. The first-order valence-corrected chi connectivity index (χ1v) is 8.70. The third kappa shape index (κ3) is 6.00. The average Bonchev–Trinajstić information content (AvgIpc) is 2.61. The molecule has 0 saturated heterocycles. The third-order valence-corrected chi connectivity index (χ3v) is 4.39. The van der Waals surface area contributed by atoms with E-state index in [1.807, 2.05) is 12.1 Å². The molecule has 0 bridgehead atoms. The van der Waals surface area contributed by atoms with Gasteiger partial charge in [-0.2, -0.15) is 0 Å². The Morgan fingerprint density at radius 3 is 2.52 bits per heavy atom. The van der Waals surface area contributed by atoms with Crippen molar-refractivity contribution in [2.24, 2.45) is 0 Å². The molecule has 0 atom stereocenters. The van der Waals surface area contributed by atoms with E-state index in [9.17, 15) is 14.0 Å². The molecule has 0 unspecified atom stereocenters. The summed E-state index contributed by atoms with van der Waals surface area (Å²) in [4.78, 5) is 25.6. The van der Waals surface area contributed by atoms with Crippen molar-refractivity contribution in [3.05, 3.63) is 63.5 Å². The summed E-state index contributed by atoms with van der Waals surface area (Å²) >= 11 is 2.08. The number of rotatable bonds is 7. The zero-order valence-corrected chi connectivity index (χ0v) is 15.8. The van der Waals surface area contributed by atoms with Crippen LogP contribution in [0.15, 0.2) is 48.5 Å². The summed E-state index contributed by atoms with van der Waals surface area (Å²) in [6, 6.07) is 12.8. The van der Waals surface area contributed by atoms with E-state index in [4.69, 9.17) is 4.74 Å². The number of carbonyl (C=O) groups is 2. The molecule has 1 N–H and O–H groups in total. The predicted octanol–water partition coefficient (Wildman–Crippen LogP) is 2.70. The second-order valence-electron chi connectivity index (χ2n) is 5.28. The van der Waals surface area contributed by atoms with Gasteiger partial charge in [0.25, 0.3) is 5.91 Å². The van der Waals surface area contributed by atoms with Gasteiger partial charge in [0.1, 0.15) is 18.2 Å². The number of nitrogens with one attached hydrogen (secondary N) is 1. The zero-order valence-electron chi connectivity index (χ0n) is 13.7. The molecule has 2 aromatic rings. The molecule has 0 aromatic heterocycles. The van der Waals surface area contributed by atoms with Crippen LogP contribution in [0.4, 0.5) is 4.39 Å². The highest BCUT2D eigenvalue weighted by atomic mass is 127. The molecule has 2 amide bonds. The standard InChI is InChI=1S/C18H18FIN2O3/c1-22(10-11-25-14-8-6-13(19)7-9-14)17(23)12-21-18(24)15-4-2-3-5-16(15)20/h2-9H,10-12H2,1H3,(H,21,24). The van der Waals surface area contributed by atoms with Crippen molar-refractivity contribution in [2.45, 2.75) is 0 Å². The largest absolute Gasteiger partial charge is 0.492 e. The van der Waals surface area contributed by atoms with Gasteiger partial charge in [0.05, 0.1) is 18.7 Å². The molecule has 2 rings (SSSR count). The lowest BCUT2D eigenvalue weighted by molar-refractivity contribution is -0.129. The lowest BCUT2D eigenvalue weighted by Crippen LogP contribution is -2.39. The number of nitrogens with zero attached hydrogens (tertiary/aromatic N) is 1. The maximum atomic E-state index is 12.8. The average molecular weight is 456 g/mol. The molecule has 2 aromatic carbocycles. The maximum Gasteiger partial charge on any atom is 0.252 e. The van der Waals surface area contributed by atoms with Gasteiger partial charge in [0, 0.05) is 10.6 Å². The number of halogens is 2. The van der Waals surface area contributed by atoms with Crippen molar-refractivity contribution >= 4 is 34.4 Å². The number of benzene rings is 2. The van der Waals surface area contributed by atoms with E-state index in [-0.39, 0.29) is 30.8 Å². The molecule has 0 heterocycles. The van der Waals surface area contributed by atoms with E-state index in [0.717, 1.165) is 3.57 Å². The Morgan fingerprint density at radius 2 is 1.84 bits per heavy atom. The molecule has 132 valence electrons. The van der Waals surface area contributed by atoms with E-state index in [1.54, 1.807) is 19.2 Å². The summed E-state index contributed by atoms with van der Waals surface area (Å²) in [6.45, 7) is 0.546. The number of amides is 2. The minimum Gasteiger partial charge on any atom is -0.492 e. The molecular weight excluding hydrogens is 438 g/mol. The second kappa shape index (κ2) is 9.36. The second-order valence-corrected chi connectivity index (χ2v) is 6.44. The van der Waals surface area contributed by atoms with Gasteiger partial charge in [-0.1, -0.05) is 12.1 Å². The zero-order chi connectivity index (χ0) is 18.2. The molecule has 0 aliphatic heterocycles. The van der Waals surface area contributed by atoms with Gasteiger partial charge in [-0.3, -0.25) is 9.59 Å². The number of hydrogen-bond acceptors (Lipinski definition) is 3. The number of carbonyl (C=O) groups excluding carboxylic acids is 2. The fraction of sp³-hybridized carbons (Fsp3) is 0.222. The first kappa shape index (κ1) is 19.2. The highest BCUT2D eigenvalue weighted by Gasteiger charge is 2.13. The fourth-order valence-electron chi connectivity index (χ4n) is 1.99. The van der Waals surface area contributed by atoms with Gasteiger partial charge in [0.2, 0.25) is 5.91 Å². The Kier molecular flexibility index (Phi) is 7.17. The van der Waals surface area contributed by atoms with Crippen molar-refractivity contribution in [3.8, 4) is 5.75 Å². The number of hydrogen-bond donors (Lipinski definition) is 1. The Bertz CT molecular complexity index is 737. The van der Waals surface area contributed by atoms with Crippen molar-refractivity contribution < 1.29 is 18.7 Å². The summed E-state index contributed by atoms with van der Waals surface area (Å²) in [5.41, 5.74) is 0.540. The highest BCUT2D eigenvalue weighted by Crippen LogP contribution is 2.11. The Hall–Kier alpha value is -2.16. The van der Waals surface area contributed by atoms with Crippen LogP contribution in [0.5, 0.6) is 5.75 Å². The van der Waals surface area contributed by atoms with Gasteiger partial charge in [-0.15, -0.1) is 0 Å². The van der Waals surface area contributed by atoms with E-state index in [0.29, 0.717) is 17.9 Å².